The molecule has 1 saturated carbocycles. The number of rotatable bonds is 5. The zero-order valence-electron chi connectivity index (χ0n) is 12.6. The highest BCUT2D eigenvalue weighted by atomic mass is 19.4. The van der Waals surface area contributed by atoms with E-state index in [0.717, 1.165) is 30.3 Å². The standard InChI is InChI=1S/C15H17F3N4O/c1-21-8-11(13(20-21)10-4-5-10)7-19-12-3-2-6-22(14(12)23)9-15(16,17)18/h2-3,6,8,10,19H,4-5,7,9H2,1H3. The molecular formula is C15H17F3N4O. The minimum atomic E-state index is -4.43. The fourth-order valence-electron chi connectivity index (χ4n) is 2.57. The van der Waals surface area contributed by atoms with Crippen LogP contribution in [-0.2, 0) is 20.1 Å². The molecule has 1 fully saturated rings. The fraction of sp³-hybridized carbons (Fsp3) is 0.467. The van der Waals surface area contributed by atoms with E-state index >= 15 is 0 Å². The van der Waals surface area contributed by atoms with E-state index in [-0.39, 0.29) is 5.69 Å². The first-order valence-electron chi connectivity index (χ1n) is 7.36. The molecule has 2 aromatic rings. The van der Waals surface area contributed by atoms with Crippen molar-refractivity contribution in [2.75, 3.05) is 5.32 Å². The number of anilines is 1. The van der Waals surface area contributed by atoms with E-state index < -0.39 is 18.3 Å². The van der Waals surface area contributed by atoms with Gasteiger partial charge in [-0.25, -0.2) is 0 Å². The number of aromatic nitrogens is 3. The molecule has 2 aromatic heterocycles. The first kappa shape index (κ1) is 15.6. The molecule has 23 heavy (non-hydrogen) atoms. The Balaban J connectivity index is 1.76. The maximum Gasteiger partial charge on any atom is 0.406 e. The zero-order chi connectivity index (χ0) is 16.6. The highest BCUT2D eigenvalue weighted by Gasteiger charge is 2.29. The van der Waals surface area contributed by atoms with E-state index in [1.807, 2.05) is 13.2 Å². The van der Waals surface area contributed by atoms with Gasteiger partial charge in [0, 0.05) is 37.5 Å². The molecule has 0 radical (unpaired) electrons. The summed E-state index contributed by atoms with van der Waals surface area (Å²) in [6, 6.07) is 2.92. The van der Waals surface area contributed by atoms with E-state index in [4.69, 9.17) is 0 Å². The van der Waals surface area contributed by atoms with Gasteiger partial charge in [-0.05, 0) is 25.0 Å². The molecule has 1 aliphatic rings. The number of pyridine rings is 1. The molecule has 0 amide bonds. The summed E-state index contributed by atoms with van der Waals surface area (Å²) < 4.78 is 39.8. The average Bonchev–Trinajstić information content (AvgIpc) is 3.22. The van der Waals surface area contributed by atoms with Crippen LogP contribution in [0.5, 0.6) is 0 Å². The minimum Gasteiger partial charge on any atom is -0.376 e. The van der Waals surface area contributed by atoms with Crippen LogP contribution < -0.4 is 10.9 Å². The maximum atomic E-state index is 12.5. The average molecular weight is 326 g/mol. The number of alkyl halides is 3. The Bertz CT molecular complexity index is 759. The molecule has 5 nitrogen and oxygen atoms in total. The molecule has 124 valence electrons. The van der Waals surface area contributed by atoms with Gasteiger partial charge in [-0.1, -0.05) is 0 Å². The Morgan fingerprint density at radius 1 is 1.39 bits per heavy atom. The van der Waals surface area contributed by atoms with E-state index in [9.17, 15) is 18.0 Å². The monoisotopic (exact) mass is 326 g/mol. The minimum absolute atomic E-state index is 0.155. The van der Waals surface area contributed by atoms with Crippen LogP contribution >= 0.6 is 0 Å². The molecule has 8 heteroatoms. The predicted molar refractivity (Wildman–Crippen MR) is 79.3 cm³/mol. The van der Waals surface area contributed by atoms with Crippen LogP contribution in [0.2, 0.25) is 0 Å². The quantitative estimate of drug-likeness (QED) is 0.919. The van der Waals surface area contributed by atoms with Crippen molar-refractivity contribution in [2.45, 2.75) is 38.0 Å². The summed E-state index contributed by atoms with van der Waals surface area (Å²) in [5, 5.41) is 7.36. The largest absolute Gasteiger partial charge is 0.406 e. The molecule has 0 spiro atoms. The zero-order valence-corrected chi connectivity index (χ0v) is 12.6. The first-order valence-corrected chi connectivity index (χ1v) is 7.36. The Morgan fingerprint density at radius 3 is 2.78 bits per heavy atom. The van der Waals surface area contributed by atoms with Crippen LogP contribution in [0.3, 0.4) is 0 Å². The second kappa shape index (κ2) is 5.75. The molecule has 2 heterocycles. The van der Waals surface area contributed by atoms with Crippen LogP contribution in [0.4, 0.5) is 18.9 Å². The topological polar surface area (TPSA) is 51.9 Å². The summed E-state index contributed by atoms with van der Waals surface area (Å²) in [6.07, 6.45) is 0.797. The van der Waals surface area contributed by atoms with Crippen molar-refractivity contribution in [2.24, 2.45) is 7.05 Å². The number of nitrogens with one attached hydrogen (secondary N) is 1. The molecular weight excluding hydrogens is 309 g/mol. The smallest absolute Gasteiger partial charge is 0.376 e. The van der Waals surface area contributed by atoms with Gasteiger partial charge in [-0.15, -0.1) is 0 Å². The highest BCUT2D eigenvalue weighted by Crippen LogP contribution is 2.40. The second-order valence-electron chi connectivity index (χ2n) is 5.81. The lowest BCUT2D eigenvalue weighted by Gasteiger charge is -2.11. The number of hydrogen-bond donors (Lipinski definition) is 1. The third-order valence-corrected chi connectivity index (χ3v) is 3.74. The summed E-state index contributed by atoms with van der Waals surface area (Å²) in [5.74, 6) is 0.464. The van der Waals surface area contributed by atoms with Crippen molar-refractivity contribution in [3.63, 3.8) is 0 Å². The summed E-state index contributed by atoms with van der Waals surface area (Å²) in [6.45, 7) is -0.924. The van der Waals surface area contributed by atoms with Crippen molar-refractivity contribution in [3.05, 3.63) is 46.1 Å². The summed E-state index contributed by atoms with van der Waals surface area (Å²) >= 11 is 0. The van der Waals surface area contributed by atoms with Crippen molar-refractivity contribution in [1.82, 2.24) is 14.3 Å². The van der Waals surface area contributed by atoms with E-state index in [1.54, 1.807) is 4.68 Å². The summed E-state index contributed by atoms with van der Waals surface area (Å²) in [5.41, 5.74) is 1.45. The van der Waals surface area contributed by atoms with Crippen LogP contribution in [0.25, 0.3) is 0 Å². The van der Waals surface area contributed by atoms with Crippen molar-refractivity contribution >= 4 is 5.69 Å². The van der Waals surface area contributed by atoms with Crippen molar-refractivity contribution in [3.8, 4) is 0 Å². The van der Waals surface area contributed by atoms with Gasteiger partial charge >= 0.3 is 6.18 Å². The second-order valence-corrected chi connectivity index (χ2v) is 5.81. The molecule has 0 bridgehead atoms. The molecule has 1 aliphatic carbocycles. The Hall–Kier alpha value is -2.25. The maximum absolute atomic E-state index is 12.5. The normalized spacial score (nSPS) is 15.0. The number of hydrogen-bond acceptors (Lipinski definition) is 3. The molecule has 3 rings (SSSR count). The third kappa shape index (κ3) is 3.75. The van der Waals surface area contributed by atoms with Gasteiger partial charge in [0.1, 0.15) is 12.2 Å². The molecule has 0 saturated heterocycles. The lowest BCUT2D eigenvalue weighted by Crippen LogP contribution is -2.29. The summed E-state index contributed by atoms with van der Waals surface area (Å²) in [7, 11) is 1.83. The van der Waals surface area contributed by atoms with Gasteiger partial charge in [0.05, 0.1) is 5.69 Å². The first-order chi connectivity index (χ1) is 10.8. The predicted octanol–water partition coefficient (Wildman–Crippen LogP) is 2.63. The Kier molecular flexibility index (Phi) is 3.91. The molecule has 0 aliphatic heterocycles. The highest BCUT2D eigenvalue weighted by molar-refractivity contribution is 5.42. The molecule has 1 N–H and O–H groups in total. The lowest BCUT2D eigenvalue weighted by molar-refractivity contribution is -0.141. The molecule has 0 unspecified atom stereocenters. The number of nitrogens with zero attached hydrogens (tertiary/aromatic N) is 3. The fourth-order valence-corrected chi connectivity index (χ4v) is 2.57. The molecule has 0 aromatic carbocycles. The summed E-state index contributed by atoms with van der Waals surface area (Å²) in [4.78, 5) is 12.1. The van der Waals surface area contributed by atoms with Crippen LogP contribution in [-0.4, -0.2) is 20.5 Å². The van der Waals surface area contributed by atoms with Gasteiger partial charge < -0.3 is 9.88 Å². The third-order valence-electron chi connectivity index (χ3n) is 3.74. The Morgan fingerprint density at radius 2 is 2.13 bits per heavy atom. The van der Waals surface area contributed by atoms with Gasteiger partial charge in [0.25, 0.3) is 5.56 Å². The van der Waals surface area contributed by atoms with E-state index in [1.165, 1.54) is 12.1 Å². The lowest BCUT2D eigenvalue weighted by atomic mass is 10.2. The van der Waals surface area contributed by atoms with Crippen LogP contribution in [0.15, 0.2) is 29.3 Å². The molecule has 0 atom stereocenters. The van der Waals surface area contributed by atoms with Crippen LogP contribution in [0.1, 0.15) is 30.0 Å². The van der Waals surface area contributed by atoms with Gasteiger partial charge in [-0.2, -0.15) is 18.3 Å². The van der Waals surface area contributed by atoms with E-state index in [2.05, 4.69) is 10.4 Å². The van der Waals surface area contributed by atoms with Crippen molar-refractivity contribution < 1.29 is 13.2 Å². The SMILES string of the molecule is Cn1cc(CNc2cccn(CC(F)(F)F)c2=O)c(C2CC2)n1. The Labute approximate surface area is 130 Å². The van der Waals surface area contributed by atoms with Gasteiger partial charge in [0.15, 0.2) is 0 Å². The van der Waals surface area contributed by atoms with Crippen molar-refractivity contribution in [1.29, 1.82) is 0 Å². The number of halogens is 3. The van der Waals surface area contributed by atoms with Gasteiger partial charge in [0.2, 0.25) is 0 Å². The number of aryl methyl sites for hydroxylation is 1. The van der Waals surface area contributed by atoms with Crippen LogP contribution in [0, 0.1) is 0 Å². The van der Waals surface area contributed by atoms with E-state index in [0.29, 0.717) is 17.0 Å². The van der Waals surface area contributed by atoms with Gasteiger partial charge in [-0.3, -0.25) is 9.48 Å².